The second-order valence-corrected chi connectivity index (χ2v) is 8.50. The second kappa shape index (κ2) is 7.43. The number of rotatable bonds is 4. The molecule has 28 heavy (non-hydrogen) atoms. The SMILES string of the molecule is CSc1ccc(-c2c(-c3ccccc3S(N)(=O)=O)n[nH]c2C(F)(F)F)cc1Cl. The summed E-state index contributed by atoms with van der Waals surface area (Å²) in [6, 6.07) is 9.91. The molecule has 3 N–H and O–H groups in total. The molecule has 2 aromatic carbocycles. The average Bonchev–Trinajstić information content (AvgIpc) is 3.06. The van der Waals surface area contributed by atoms with E-state index in [-0.39, 0.29) is 32.3 Å². The molecular weight excluding hydrogens is 435 g/mol. The van der Waals surface area contributed by atoms with Gasteiger partial charge in [-0.25, -0.2) is 13.6 Å². The van der Waals surface area contributed by atoms with Crippen LogP contribution in [0.1, 0.15) is 5.69 Å². The highest BCUT2D eigenvalue weighted by atomic mass is 35.5. The van der Waals surface area contributed by atoms with Crippen LogP contribution in [0.15, 0.2) is 52.3 Å². The molecule has 5 nitrogen and oxygen atoms in total. The molecule has 0 bridgehead atoms. The predicted molar refractivity (Wildman–Crippen MR) is 103 cm³/mol. The molecule has 0 saturated carbocycles. The normalized spacial score (nSPS) is 12.4. The van der Waals surface area contributed by atoms with Crippen molar-refractivity contribution in [2.45, 2.75) is 16.0 Å². The lowest BCUT2D eigenvalue weighted by atomic mass is 9.98. The van der Waals surface area contributed by atoms with E-state index in [4.69, 9.17) is 16.7 Å². The Labute approximate surface area is 168 Å². The number of hydrogen-bond donors (Lipinski definition) is 2. The molecule has 0 aliphatic rings. The van der Waals surface area contributed by atoms with Gasteiger partial charge in [0, 0.05) is 16.0 Å². The third-order valence-corrected chi connectivity index (χ3v) is 6.13. The van der Waals surface area contributed by atoms with Crippen LogP contribution in [0.5, 0.6) is 0 Å². The molecule has 0 radical (unpaired) electrons. The fourth-order valence-corrected chi connectivity index (χ4v) is 4.36. The van der Waals surface area contributed by atoms with Crippen molar-refractivity contribution in [3.05, 3.63) is 53.2 Å². The van der Waals surface area contributed by atoms with E-state index in [1.54, 1.807) is 12.3 Å². The second-order valence-electron chi connectivity index (χ2n) is 5.71. The number of aromatic nitrogens is 2. The molecule has 0 aliphatic carbocycles. The summed E-state index contributed by atoms with van der Waals surface area (Å²) in [7, 11) is -4.19. The molecule has 0 unspecified atom stereocenters. The minimum Gasteiger partial charge on any atom is -0.272 e. The van der Waals surface area contributed by atoms with Crippen molar-refractivity contribution in [1.82, 2.24) is 10.2 Å². The van der Waals surface area contributed by atoms with Crippen molar-refractivity contribution < 1.29 is 21.6 Å². The number of nitrogens with two attached hydrogens (primary N) is 1. The van der Waals surface area contributed by atoms with Crippen molar-refractivity contribution in [2.75, 3.05) is 6.26 Å². The monoisotopic (exact) mass is 447 g/mol. The highest BCUT2D eigenvalue weighted by Crippen LogP contribution is 2.43. The van der Waals surface area contributed by atoms with Gasteiger partial charge in [-0.2, -0.15) is 18.3 Å². The number of aromatic amines is 1. The van der Waals surface area contributed by atoms with Crippen LogP contribution in [0.2, 0.25) is 5.02 Å². The summed E-state index contributed by atoms with van der Waals surface area (Å²) in [6.07, 6.45) is -2.96. The number of hydrogen-bond acceptors (Lipinski definition) is 4. The summed E-state index contributed by atoms with van der Waals surface area (Å²) in [5.74, 6) is 0. The van der Waals surface area contributed by atoms with Gasteiger partial charge in [0.25, 0.3) is 0 Å². The Balaban J connectivity index is 2.35. The van der Waals surface area contributed by atoms with Crippen molar-refractivity contribution in [2.24, 2.45) is 5.14 Å². The van der Waals surface area contributed by atoms with Crippen molar-refractivity contribution >= 4 is 33.4 Å². The number of nitrogens with one attached hydrogen (secondary N) is 1. The third kappa shape index (κ3) is 3.90. The number of sulfonamides is 1. The molecule has 0 fully saturated rings. The molecule has 0 saturated heterocycles. The number of thioether (sulfide) groups is 1. The molecule has 0 amide bonds. The maximum absolute atomic E-state index is 13.6. The van der Waals surface area contributed by atoms with Gasteiger partial charge in [-0.15, -0.1) is 11.8 Å². The molecule has 148 valence electrons. The van der Waals surface area contributed by atoms with E-state index in [1.165, 1.54) is 48.2 Å². The van der Waals surface area contributed by atoms with Crippen LogP contribution in [-0.4, -0.2) is 24.9 Å². The van der Waals surface area contributed by atoms with Crippen LogP contribution >= 0.6 is 23.4 Å². The zero-order valence-electron chi connectivity index (χ0n) is 14.2. The first kappa shape index (κ1) is 20.7. The van der Waals surface area contributed by atoms with Crippen LogP contribution in [0.4, 0.5) is 13.2 Å². The Hall–Kier alpha value is -2.01. The number of benzene rings is 2. The highest BCUT2D eigenvalue weighted by molar-refractivity contribution is 7.98. The maximum Gasteiger partial charge on any atom is 0.433 e. The number of H-pyrrole nitrogens is 1. The molecule has 11 heteroatoms. The van der Waals surface area contributed by atoms with Crippen LogP contribution in [0.25, 0.3) is 22.4 Å². The minimum absolute atomic E-state index is 0.0446. The van der Waals surface area contributed by atoms with Crippen LogP contribution < -0.4 is 5.14 Å². The first-order chi connectivity index (χ1) is 13.0. The summed E-state index contributed by atoms with van der Waals surface area (Å²) in [5.41, 5.74) is -1.51. The fraction of sp³-hybridized carbons (Fsp3) is 0.118. The smallest absolute Gasteiger partial charge is 0.272 e. The fourth-order valence-electron chi connectivity index (χ4n) is 2.76. The van der Waals surface area contributed by atoms with Crippen molar-refractivity contribution in [1.29, 1.82) is 0 Å². The predicted octanol–water partition coefficient (Wildman–Crippen LogP) is 4.79. The van der Waals surface area contributed by atoms with Gasteiger partial charge in [-0.3, -0.25) is 5.10 Å². The minimum atomic E-state index is -4.75. The average molecular weight is 448 g/mol. The van der Waals surface area contributed by atoms with E-state index in [0.717, 1.165) is 0 Å². The topological polar surface area (TPSA) is 88.8 Å². The van der Waals surface area contributed by atoms with Crippen LogP contribution in [0.3, 0.4) is 0 Å². The Kier molecular flexibility index (Phi) is 5.50. The Morgan fingerprint density at radius 1 is 1.18 bits per heavy atom. The Morgan fingerprint density at radius 2 is 1.86 bits per heavy atom. The lowest BCUT2D eigenvalue weighted by molar-refractivity contribution is -0.140. The number of halogens is 4. The van der Waals surface area contributed by atoms with Crippen molar-refractivity contribution in [3.63, 3.8) is 0 Å². The molecular formula is C17H13ClF3N3O2S2. The van der Waals surface area contributed by atoms with Gasteiger partial charge in [0.1, 0.15) is 11.4 Å². The summed E-state index contributed by atoms with van der Waals surface area (Å²) in [4.78, 5) is 0.359. The molecule has 0 spiro atoms. The van der Waals surface area contributed by atoms with E-state index in [0.29, 0.717) is 4.90 Å². The molecule has 0 atom stereocenters. The molecule has 1 aromatic heterocycles. The van der Waals surface area contributed by atoms with Gasteiger partial charge >= 0.3 is 6.18 Å². The van der Waals surface area contributed by atoms with Crippen molar-refractivity contribution in [3.8, 4) is 22.4 Å². The van der Waals surface area contributed by atoms with Gasteiger partial charge < -0.3 is 0 Å². The van der Waals surface area contributed by atoms with Gasteiger partial charge in [0.05, 0.1) is 9.92 Å². The van der Waals surface area contributed by atoms with Crippen LogP contribution in [-0.2, 0) is 16.2 Å². The highest BCUT2D eigenvalue weighted by Gasteiger charge is 2.38. The van der Waals surface area contributed by atoms with Crippen LogP contribution in [0, 0.1) is 0 Å². The first-order valence-corrected chi connectivity index (χ1v) is 10.8. The number of primary sulfonamides is 1. The summed E-state index contributed by atoms with van der Waals surface area (Å²) < 4.78 is 64.6. The van der Waals surface area contributed by atoms with E-state index in [9.17, 15) is 21.6 Å². The quantitative estimate of drug-likeness (QED) is 0.563. The summed E-state index contributed by atoms with van der Waals surface area (Å²) in [5, 5.41) is 11.2. The standard InChI is InChI=1S/C17H13ClF3N3O2S2/c1-27-12-7-6-9(8-11(12)18)14-15(23-24-16(14)17(19,20)21)10-4-2-3-5-13(10)28(22,25)26/h2-8H,1H3,(H,23,24)(H2,22,25,26). The van der Waals surface area contributed by atoms with E-state index in [2.05, 4.69) is 5.10 Å². The molecule has 1 heterocycles. The van der Waals surface area contributed by atoms with E-state index in [1.807, 2.05) is 5.10 Å². The first-order valence-electron chi connectivity index (χ1n) is 7.65. The molecule has 3 aromatic rings. The molecule has 3 rings (SSSR count). The molecule has 0 aliphatic heterocycles. The third-order valence-electron chi connectivity index (χ3n) is 3.94. The Bertz CT molecular complexity index is 1140. The lowest BCUT2D eigenvalue weighted by Gasteiger charge is -2.12. The number of alkyl halides is 3. The van der Waals surface area contributed by atoms with Gasteiger partial charge in [-0.1, -0.05) is 35.9 Å². The van der Waals surface area contributed by atoms with Gasteiger partial charge in [-0.05, 0) is 30.0 Å². The van der Waals surface area contributed by atoms with E-state index < -0.39 is 21.9 Å². The van der Waals surface area contributed by atoms with Gasteiger partial charge in [0.2, 0.25) is 10.0 Å². The van der Waals surface area contributed by atoms with Gasteiger partial charge in [0.15, 0.2) is 0 Å². The largest absolute Gasteiger partial charge is 0.433 e. The maximum atomic E-state index is 13.6. The Morgan fingerprint density at radius 3 is 2.43 bits per heavy atom. The summed E-state index contributed by atoms with van der Waals surface area (Å²) >= 11 is 7.51. The lowest BCUT2D eigenvalue weighted by Crippen LogP contribution is -2.13. The number of nitrogens with zero attached hydrogens (tertiary/aromatic N) is 1. The van der Waals surface area contributed by atoms with E-state index >= 15 is 0 Å². The summed E-state index contributed by atoms with van der Waals surface area (Å²) in [6.45, 7) is 0. The zero-order chi connectivity index (χ0) is 20.7. The zero-order valence-corrected chi connectivity index (χ0v) is 16.6.